The number of carbonyl (C=O) groups is 2. The van der Waals surface area contributed by atoms with Crippen molar-refractivity contribution in [1.29, 1.82) is 0 Å². The fourth-order valence-electron chi connectivity index (χ4n) is 3.84. The van der Waals surface area contributed by atoms with Crippen molar-refractivity contribution in [3.63, 3.8) is 0 Å². The summed E-state index contributed by atoms with van der Waals surface area (Å²) in [7, 11) is 0. The second-order valence-corrected chi connectivity index (χ2v) is 8.95. The molecule has 3 aromatic carbocycles. The Morgan fingerprint density at radius 2 is 1.56 bits per heavy atom. The molecule has 2 N–H and O–H groups in total. The molecule has 1 aliphatic heterocycles. The van der Waals surface area contributed by atoms with E-state index in [0.29, 0.717) is 27.8 Å². The first kappa shape index (κ1) is 23.4. The summed E-state index contributed by atoms with van der Waals surface area (Å²) < 4.78 is 10.7. The van der Waals surface area contributed by atoms with Crippen LogP contribution in [0.15, 0.2) is 102 Å². The molecule has 0 atom stereocenters. The van der Waals surface area contributed by atoms with Crippen molar-refractivity contribution < 1.29 is 19.1 Å². The molecule has 7 nitrogen and oxygen atoms in total. The molecule has 0 radical (unpaired) electrons. The van der Waals surface area contributed by atoms with Crippen LogP contribution in [-0.2, 0) is 4.79 Å². The fourth-order valence-corrected chi connectivity index (χ4v) is 4.63. The highest BCUT2D eigenvalue weighted by atomic mass is 32.2. The van der Waals surface area contributed by atoms with Gasteiger partial charge in [-0.05, 0) is 35.4 Å². The van der Waals surface area contributed by atoms with Gasteiger partial charge in [0.15, 0.2) is 11.5 Å². The first-order valence-corrected chi connectivity index (χ1v) is 12.3. The zero-order chi connectivity index (χ0) is 24.7. The zero-order valence-corrected chi connectivity index (χ0v) is 20.0. The summed E-state index contributed by atoms with van der Waals surface area (Å²) in [5, 5.41) is 6.46. The van der Waals surface area contributed by atoms with Gasteiger partial charge in [-0.1, -0.05) is 72.4 Å². The van der Waals surface area contributed by atoms with Gasteiger partial charge in [0.25, 0.3) is 5.91 Å². The SMILES string of the molecule is O=C(CSc1ncccc1C(=O)NC(c1ccccc1)c1ccccc1)Nc1ccc2c(c1)OCO2. The molecule has 36 heavy (non-hydrogen) atoms. The lowest BCUT2D eigenvalue weighted by Gasteiger charge is -2.20. The van der Waals surface area contributed by atoms with Crippen molar-refractivity contribution in [2.45, 2.75) is 11.1 Å². The molecule has 8 heteroatoms. The molecular formula is C28H23N3O4S. The number of nitrogens with zero attached hydrogens (tertiary/aromatic N) is 1. The average molecular weight is 498 g/mol. The van der Waals surface area contributed by atoms with E-state index >= 15 is 0 Å². The van der Waals surface area contributed by atoms with Crippen LogP contribution in [0.25, 0.3) is 0 Å². The van der Waals surface area contributed by atoms with Gasteiger partial charge in [-0.15, -0.1) is 0 Å². The molecule has 2 heterocycles. The number of amides is 2. The molecule has 5 rings (SSSR count). The quantitative estimate of drug-likeness (QED) is 0.331. The molecule has 0 fully saturated rings. The standard InChI is InChI=1S/C28H23N3O4S/c32-25(30-21-13-14-23-24(16-21)35-18-34-23)17-36-28-22(12-7-15-29-28)27(33)31-26(19-8-3-1-4-9-19)20-10-5-2-6-11-20/h1-16,26H,17-18H2,(H,30,32)(H,31,33). The summed E-state index contributed by atoms with van der Waals surface area (Å²) in [5.41, 5.74) is 2.96. The first-order valence-electron chi connectivity index (χ1n) is 11.4. The maximum atomic E-state index is 13.4. The van der Waals surface area contributed by atoms with Gasteiger partial charge in [0.05, 0.1) is 17.4 Å². The smallest absolute Gasteiger partial charge is 0.254 e. The van der Waals surface area contributed by atoms with Gasteiger partial charge in [-0.3, -0.25) is 9.59 Å². The van der Waals surface area contributed by atoms with Gasteiger partial charge in [0, 0.05) is 18.0 Å². The Hall–Kier alpha value is -4.30. The Balaban J connectivity index is 1.28. The predicted molar refractivity (Wildman–Crippen MR) is 138 cm³/mol. The van der Waals surface area contributed by atoms with Gasteiger partial charge < -0.3 is 20.1 Å². The Bertz CT molecular complexity index is 1330. The van der Waals surface area contributed by atoms with E-state index < -0.39 is 0 Å². The molecule has 1 aromatic heterocycles. The van der Waals surface area contributed by atoms with Crippen LogP contribution in [0.1, 0.15) is 27.5 Å². The normalized spacial score (nSPS) is 11.8. The molecule has 1 aliphatic rings. The largest absolute Gasteiger partial charge is 0.454 e. The topological polar surface area (TPSA) is 89.6 Å². The molecule has 180 valence electrons. The predicted octanol–water partition coefficient (Wildman–Crippen LogP) is 5.06. The number of hydrogen-bond acceptors (Lipinski definition) is 6. The highest BCUT2D eigenvalue weighted by molar-refractivity contribution is 8.00. The van der Waals surface area contributed by atoms with E-state index in [2.05, 4.69) is 15.6 Å². The summed E-state index contributed by atoms with van der Waals surface area (Å²) in [6, 6.07) is 27.9. The Kier molecular flexibility index (Phi) is 7.14. The van der Waals surface area contributed by atoms with Crippen LogP contribution >= 0.6 is 11.8 Å². The van der Waals surface area contributed by atoms with Crippen LogP contribution in [0.2, 0.25) is 0 Å². The van der Waals surface area contributed by atoms with Gasteiger partial charge >= 0.3 is 0 Å². The third-order valence-corrected chi connectivity index (χ3v) is 6.56. The van der Waals surface area contributed by atoms with E-state index in [4.69, 9.17) is 9.47 Å². The van der Waals surface area contributed by atoms with E-state index in [9.17, 15) is 9.59 Å². The number of pyridine rings is 1. The van der Waals surface area contributed by atoms with Crippen LogP contribution in [0.3, 0.4) is 0 Å². The zero-order valence-electron chi connectivity index (χ0n) is 19.2. The van der Waals surface area contributed by atoms with Crippen molar-refractivity contribution in [2.75, 3.05) is 17.9 Å². The van der Waals surface area contributed by atoms with Crippen LogP contribution < -0.4 is 20.1 Å². The minimum Gasteiger partial charge on any atom is -0.454 e. The Morgan fingerprint density at radius 1 is 0.861 bits per heavy atom. The molecule has 0 bridgehead atoms. The summed E-state index contributed by atoms with van der Waals surface area (Å²) in [5.74, 6) is 0.847. The highest BCUT2D eigenvalue weighted by Crippen LogP contribution is 2.34. The molecule has 2 amide bonds. The lowest BCUT2D eigenvalue weighted by molar-refractivity contribution is -0.113. The number of rotatable bonds is 8. The number of thioether (sulfide) groups is 1. The van der Waals surface area contributed by atoms with Crippen molar-refractivity contribution in [2.24, 2.45) is 0 Å². The molecule has 0 unspecified atom stereocenters. The number of aromatic nitrogens is 1. The summed E-state index contributed by atoms with van der Waals surface area (Å²) in [6.07, 6.45) is 1.61. The molecular weight excluding hydrogens is 474 g/mol. The third kappa shape index (κ3) is 5.50. The number of ether oxygens (including phenoxy) is 2. The van der Waals surface area contributed by atoms with E-state index in [-0.39, 0.29) is 30.4 Å². The average Bonchev–Trinajstić information content (AvgIpc) is 3.39. The number of carbonyl (C=O) groups excluding carboxylic acids is 2. The number of anilines is 1. The van der Waals surface area contributed by atoms with Crippen molar-refractivity contribution in [1.82, 2.24) is 10.3 Å². The second kappa shape index (κ2) is 11.0. The van der Waals surface area contributed by atoms with Gasteiger partial charge in [0.1, 0.15) is 5.03 Å². The maximum Gasteiger partial charge on any atom is 0.254 e. The van der Waals surface area contributed by atoms with Gasteiger partial charge in [0.2, 0.25) is 12.7 Å². The number of benzene rings is 3. The number of hydrogen-bond donors (Lipinski definition) is 2. The monoisotopic (exact) mass is 497 g/mol. The summed E-state index contributed by atoms with van der Waals surface area (Å²) >= 11 is 1.21. The van der Waals surface area contributed by atoms with Crippen LogP contribution in [0.4, 0.5) is 5.69 Å². The van der Waals surface area contributed by atoms with Crippen LogP contribution in [0, 0.1) is 0 Å². The van der Waals surface area contributed by atoms with Crippen LogP contribution in [-0.4, -0.2) is 29.3 Å². The number of fused-ring (bicyclic) bond motifs is 1. The van der Waals surface area contributed by atoms with Crippen LogP contribution in [0.5, 0.6) is 11.5 Å². The maximum absolute atomic E-state index is 13.4. The molecule has 0 aliphatic carbocycles. The Labute approximate surface area is 212 Å². The van der Waals surface area contributed by atoms with E-state index in [1.54, 1.807) is 36.5 Å². The Morgan fingerprint density at radius 3 is 2.28 bits per heavy atom. The lowest BCUT2D eigenvalue weighted by atomic mass is 9.98. The molecule has 4 aromatic rings. The van der Waals surface area contributed by atoms with Crippen molar-refractivity contribution in [3.8, 4) is 11.5 Å². The van der Waals surface area contributed by atoms with Crippen molar-refractivity contribution in [3.05, 3.63) is 114 Å². The molecule has 0 saturated heterocycles. The second-order valence-electron chi connectivity index (χ2n) is 7.99. The highest BCUT2D eigenvalue weighted by Gasteiger charge is 2.21. The number of nitrogens with one attached hydrogen (secondary N) is 2. The first-order chi connectivity index (χ1) is 17.7. The lowest BCUT2D eigenvalue weighted by Crippen LogP contribution is -2.30. The molecule has 0 spiro atoms. The molecule has 0 saturated carbocycles. The van der Waals surface area contributed by atoms with E-state index in [0.717, 1.165) is 11.1 Å². The van der Waals surface area contributed by atoms with Crippen molar-refractivity contribution >= 4 is 29.3 Å². The third-order valence-electron chi connectivity index (χ3n) is 5.55. The fraction of sp³-hybridized carbons (Fsp3) is 0.107. The minimum absolute atomic E-state index is 0.0898. The van der Waals surface area contributed by atoms with E-state index in [1.165, 1.54) is 11.8 Å². The summed E-state index contributed by atoms with van der Waals surface area (Å²) in [4.78, 5) is 30.3. The summed E-state index contributed by atoms with van der Waals surface area (Å²) in [6.45, 7) is 0.169. The van der Waals surface area contributed by atoms with Gasteiger partial charge in [-0.25, -0.2) is 4.98 Å². The van der Waals surface area contributed by atoms with E-state index in [1.807, 2.05) is 60.7 Å². The minimum atomic E-state index is -0.327. The van der Waals surface area contributed by atoms with Gasteiger partial charge in [-0.2, -0.15) is 0 Å².